The molecule has 6 nitrogen and oxygen atoms in total. The number of anilines is 2. The molecule has 1 saturated carbocycles. The number of hydrogen-bond donors (Lipinski definition) is 2. The number of benzene rings is 2. The van der Waals surface area contributed by atoms with Gasteiger partial charge in [-0.1, -0.05) is 20.3 Å². The normalized spacial score (nSPS) is 16.7. The third-order valence-electron chi connectivity index (χ3n) is 5.35. The standard InChI is InChI=1S/C23H26N2O4/c1-15(2)21(26)24-17-8-6-16(7-9-17)22(27)25-18-10-11-19-20(14-18)29-23(28-19)12-4-3-5-13-23/h6-11,14-15H,3-5,12-13H2,1-2H3,(H,24,26)(H,25,27). The van der Waals surface area contributed by atoms with Gasteiger partial charge in [0.15, 0.2) is 11.5 Å². The second kappa shape index (κ2) is 7.78. The molecule has 0 unspecified atom stereocenters. The Labute approximate surface area is 170 Å². The summed E-state index contributed by atoms with van der Waals surface area (Å²) < 4.78 is 12.2. The summed E-state index contributed by atoms with van der Waals surface area (Å²) in [4.78, 5) is 24.3. The molecule has 1 aliphatic heterocycles. The minimum Gasteiger partial charge on any atom is -0.448 e. The Morgan fingerprint density at radius 3 is 2.21 bits per heavy atom. The van der Waals surface area contributed by atoms with Crippen LogP contribution in [0.15, 0.2) is 42.5 Å². The van der Waals surface area contributed by atoms with Crippen LogP contribution in [0.4, 0.5) is 11.4 Å². The summed E-state index contributed by atoms with van der Waals surface area (Å²) in [6, 6.07) is 12.3. The number of hydrogen-bond acceptors (Lipinski definition) is 4. The van der Waals surface area contributed by atoms with Crippen LogP contribution < -0.4 is 20.1 Å². The molecule has 4 rings (SSSR count). The summed E-state index contributed by atoms with van der Waals surface area (Å²) in [5, 5.41) is 5.71. The monoisotopic (exact) mass is 394 g/mol. The average Bonchev–Trinajstić information content (AvgIpc) is 3.05. The molecule has 1 spiro atoms. The van der Waals surface area contributed by atoms with Crippen molar-refractivity contribution in [3.8, 4) is 11.5 Å². The maximum atomic E-state index is 12.6. The molecule has 0 bridgehead atoms. The topological polar surface area (TPSA) is 76.7 Å². The van der Waals surface area contributed by atoms with Crippen molar-refractivity contribution in [2.24, 2.45) is 5.92 Å². The van der Waals surface area contributed by atoms with Gasteiger partial charge in [0, 0.05) is 41.8 Å². The van der Waals surface area contributed by atoms with E-state index >= 15 is 0 Å². The van der Waals surface area contributed by atoms with Crippen molar-refractivity contribution in [1.82, 2.24) is 0 Å². The minimum absolute atomic E-state index is 0.0571. The van der Waals surface area contributed by atoms with E-state index in [0.29, 0.717) is 22.7 Å². The van der Waals surface area contributed by atoms with Crippen LogP contribution in [0.3, 0.4) is 0 Å². The number of ether oxygens (including phenoxy) is 2. The zero-order valence-corrected chi connectivity index (χ0v) is 16.8. The highest BCUT2D eigenvalue weighted by Gasteiger charge is 2.42. The summed E-state index contributed by atoms with van der Waals surface area (Å²) in [7, 11) is 0. The second-order valence-corrected chi connectivity index (χ2v) is 8.01. The first-order valence-electron chi connectivity index (χ1n) is 10.2. The molecular formula is C23H26N2O4. The minimum atomic E-state index is -0.528. The number of carbonyl (C=O) groups is 2. The third kappa shape index (κ3) is 4.21. The van der Waals surface area contributed by atoms with Crippen LogP contribution in [0.5, 0.6) is 11.5 Å². The van der Waals surface area contributed by atoms with Gasteiger partial charge >= 0.3 is 0 Å². The van der Waals surface area contributed by atoms with Crippen LogP contribution >= 0.6 is 0 Å². The quantitative estimate of drug-likeness (QED) is 0.768. The van der Waals surface area contributed by atoms with Crippen LogP contribution in [-0.4, -0.2) is 17.6 Å². The lowest BCUT2D eigenvalue weighted by atomic mass is 9.94. The highest BCUT2D eigenvalue weighted by atomic mass is 16.7. The lowest BCUT2D eigenvalue weighted by Gasteiger charge is -2.31. The smallest absolute Gasteiger partial charge is 0.255 e. The zero-order chi connectivity index (χ0) is 20.4. The van der Waals surface area contributed by atoms with Crippen molar-refractivity contribution in [2.45, 2.75) is 51.7 Å². The molecule has 1 aliphatic carbocycles. The first kappa shape index (κ1) is 19.3. The highest BCUT2D eigenvalue weighted by molar-refractivity contribution is 6.04. The Morgan fingerprint density at radius 2 is 1.52 bits per heavy atom. The first-order chi connectivity index (χ1) is 13.9. The SMILES string of the molecule is CC(C)C(=O)Nc1ccc(C(=O)Nc2ccc3c(c2)OC2(CCCCC2)O3)cc1. The zero-order valence-electron chi connectivity index (χ0n) is 16.8. The molecule has 0 radical (unpaired) electrons. The molecule has 152 valence electrons. The molecule has 2 amide bonds. The van der Waals surface area contributed by atoms with E-state index in [1.165, 1.54) is 6.42 Å². The molecule has 2 aliphatic rings. The van der Waals surface area contributed by atoms with Crippen LogP contribution in [0, 0.1) is 5.92 Å². The van der Waals surface area contributed by atoms with Crippen LogP contribution in [0.2, 0.25) is 0 Å². The van der Waals surface area contributed by atoms with E-state index in [2.05, 4.69) is 10.6 Å². The van der Waals surface area contributed by atoms with E-state index in [9.17, 15) is 9.59 Å². The molecule has 2 N–H and O–H groups in total. The summed E-state index contributed by atoms with van der Waals surface area (Å²) >= 11 is 0. The molecule has 1 fully saturated rings. The van der Waals surface area contributed by atoms with Crippen molar-refractivity contribution >= 4 is 23.2 Å². The fourth-order valence-corrected chi connectivity index (χ4v) is 3.66. The molecular weight excluding hydrogens is 368 g/mol. The lowest BCUT2D eigenvalue weighted by molar-refractivity contribution is -0.118. The number of amides is 2. The van der Waals surface area contributed by atoms with E-state index in [1.807, 2.05) is 32.0 Å². The van der Waals surface area contributed by atoms with E-state index in [0.717, 1.165) is 31.4 Å². The van der Waals surface area contributed by atoms with Gasteiger partial charge < -0.3 is 20.1 Å². The summed E-state index contributed by atoms with van der Waals surface area (Å²) in [6.07, 6.45) is 5.20. The number of fused-ring (bicyclic) bond motifs is 1. The maximum Gasteiger partial charge on any atom is 0.255 e. The Morgan fingerprint density at radius 1 is 0.862 bits per heavy atom. The molecule has 2 aromatic carbocycles. The average molecular weight is 394 g/mol. The van der Waals surface area contributed by atoms with Crippen LogP contribution in [0.25, 0.3) is 0 Å². The van der Waals surface area contributed by atoms with Gasteiger partial charge in [0.25, 0.3) is 11.7 Å². The Kier molecular flexibility index (Phi) is 5.18. The Bertz CT molecular complexity index is 915. The van der Waals surface area contributed by atoms with Gasteiger partial charge in [-0.15, -0.1) is 0 Å². The molecule has 0 saturated heterocycles. The van der Waals surface area contributed by atoms with Gasteiger partial charge in [-0.3, -0.25) is 9.59 Å². The third-order valence-corrected chi connectivity index (χ3v) is 5.35. The summed E-state index contributed by atoms with van der Waals surface area (Å²) in [5.41, 5.74) is 1.83. The number of carbonyl (C=O) groups excluding carboxylic acids is 2. The van der Waals surface area contributed by atoms with Crippen LogP contribution in [0.1, 0.15) is 56.3 Å². The van der Waals surface area contributed by atoms with Gasteiger partial charge in [-0.05, 0) is 49.2 Å². The predicted octanol–water partition coefficient (Wildman–Crippen LogP) is 4.97. The fraction of sp³-hybridized carbons (Fsp3) is 0.391. The van der Waals surface area contributed by atoms with Gasteiger partial charge in [0.2, 0.25) is 5.91 Å². The van der Waals surface area contributed by atoms with Crippen molar-refractivity contribution < 1.29 is 19.1 Å². The van der Waals surface area contributed by atoms with E-state index in [1.54, 1.807) is 24.3 Å². The van der Waals surface area contributed by atoms with Crippen molar-refractivity contribution in [2.75, 3.05) is 10.6 Å². The van der Waals surface area contributed by atoms with Crippen LogP contribution in [-0.2, 0) is 4.79 Å². The number of nitrogens with one attached hydrogen (secondary N) is 2. The molecule has 2 aromatic rings. The summed E-state index contributed by atoms with van der Waals surface area (Å²) in [5.74, 6) is 0.499. The van der Waals surface area contributed by atoms with E-state index < -0.39 is 5.79 Å². The molecule has 1 heterocycles. The van der Waals surface area contributed by atoms with Gasteiger partial charge in [0.05, 0.1) is 0 Å². The molecule has 6 heteroatoms. The maximum absolute atomic E-state index is 12.6. The Balaban J connectivity index is 1.41. The van der Waals surface area contributed by atoms with Crippen molar-refractivity contribution in [3.05, 3.63) is 48.0 Å². The molecule has 29 heavy (non-hydrogen) atoms. The first-order valence-corrected chi connectivity index (χ1v) is 10.2. The van der Waals surface area contributed by atoms with Crippen molar-refractivity contribution in [1.29, 1.82) is 0 Å². The van der Waals surface area contributed by atoms with Gasteiger partial charge in [-0.2, -0.15) is 0 Å². The Hall–Kier alpha value is -3.02. The largest absolute Gasteiger partial charge is 0.448 e. The van der Waals surface area contributed by atoms with E-state index in [4.69, 9.17) is 9.47 Å². The van der Waals surface area contributed by atoms with Gasteiger partial charge in [0.1, 0.15) is 0 Å². The highest BCUT2D eigenvalue weighted by Crippen LogP contribution is 2.46. The lowest BCUT2D eigenvalue weighted by Crippen LogP contribution is -2.40. The second-order valence-electron chi connectivity index (χ2n) is 8.01. The summed E-state index contributed by atoms with van der Waals surface area (Å²) in [6.45, 7) is 3.66. The molecule has 0 aromatic heterocycles. The predicted molar refractivity (Wildman–Crippen MR) is 111 cm³/mol. The fourth-order valence-electron chi connectivity index (χ4n) is 3.66. The van der Waals surface area contributed by atoms with Crippen molar-refractivity contribution in [3.63, 3.8) is 0 Å². The van der Waals surface area contributed by atoms with E-state index in [-0.39, 0.29) is 17.7 Å². The van der Waals surface area contributed by atoms with Gasteiger partial charge in [-0.25, -0.2) is 0 Å². The number of rotatable bonds is 4. The molecule has 0 atom stereocenters.